The molecule has 0 aromatic carbocycles. The van der Waals surface area contributed by atoms with E-state index >= 15 is 0 Å². The van der Waals surface area contributed by atoms with Crippen molar-refractivity contribution in [1.29, 1.82) is 0 Å². The number of hydrogen-bond donors (Lipinski definition) is 4. The van der Waals surface area contributed by atoms with Crippen LogP contribution in [0.5, 0.6) is 0 Å². The summed E-state index contributed by atoms with van der Waals surface area (Å²) < 4.78 is 6.84. The minimum absolute atomic E-state index is 0.0287. The largest absolute Gasteiger partial charge is 0.465 e. The van der Waals surface area contributed by atoms with Crippen LogP contribution in [0.4, 0.5) is 26.9 Å². The van der Waals surface area contributed by atoms with Crippen LogP contribution < -0.4 is 15.5 Å². The van der Waals surface area contributed by atoms with Crippen LogP contribution in [-0.2, 0) is 7.05 Å². The van der Waals surface area contributed by atoms with Gasteiger partial charge in [-0.2, -0.15) is 5.10 Å². The van der Waals surface area contributed by atoms with Gasteiger partial charge in [-0.05, 0) is 12.1 Å². The number of rotatable bonds is 7. The average Bonchev–Trinajstić information content (AvgIpc) is 3.48. The number of carboxylic acid groups (broad SMARTS) is 1. The number of oxazole rings is 1. The monoisotopic (exact) mass is 456 g/mol. The van der Waals surface area contributed by atoms with Gasteiger partial charge in [-0.25, -0.2) is 19.6 Å². The number of hydrogen-bond acceptors (Lipinski definition) is 8. The lowest BCUT2D eigenvalue weighted by atomic mass is 10.2. The van der Waals surface area contributed by atoms with E-state index in [1.165, 1.54) is 26.7 Å². The number of anilines is 3. The second-order valence-electron chi connectivity index (χ2n) is 7.04. The first kappa shape index (κ1) is 21.8. The summed E-state index contributed by atoms with van der Waals surface area (Å²) in [6, 6.07) is 2.65. The van der Waals surface area contributed by atoms with E-state index < -0.39 is 12.0 Å². The molecule has 1 aliphatic rings. The maximum atomic E-state index is 12.8. The van der Waals surface area contributed by atoms with Crippen molar-refractivity contribution < 1.29 is 29.0 Å². The van der Waals surface area contributed by atoms with Gasteiger partial charge in [-0.1, -0.05) is 0 Å². The molecule has 0 aliphatic carbocycles. The minimum atomic E-state index is -1.27. The SMILES string of the molecule is Cn1cc(NC(=O)c2coc(-c3ccnc(NC(=O)O)c3)n2)c(N2CCN(CCO)C2=O)n1. The van der Waals surface area contributed by atoms with Crippen LogP contribution in [-0.4, -0.2) is 79.1 Å². The number of carbonyl (C=O) groups excluding carboxylic acids is 2. The highest BCUT2D eigenvalue weighted by atomic mass is 16.4. The Labute approximate surface area is 186 Å². The van der Waals surface area contributed by atoms with Crippen molar-refractivity contribution in [2.24, 2.45) is 7.05 Å². The van der Waals surface area contributed by atoms with E-state index in [1.54, 1.807) is 19.3 Å². The molecule has 0 spiro atoms. The molecule has 14 heteroatoms. The fourth-order valence-electron chi connectivity index (χ4n) is 3.31. The lowest BCUT2D eigenvalue weighted by Gasteiger charge is -2.17. The molecule has 0 saturated carbocycles. The van der Waals surface area contributed by atoms with Crippen LogP contribution in [0.3, 0.4) is 0 Å². The molecule has 0 radical (unpaired) electrons. The van der Waals surface area contributed by atoms with Gasteiger partial charge in [-0.15, -0.1) is 0 Å². The number of carbonyl (C=O) groups is 3. The Morgan fingerprint density at radius 3 is 2.85 bits per heavy atom. The third kappa shape index (κ3) is 4.59. The van der Waals surface area contributed by atoms with Crippen LogP contribution in [0.2, 0.25) is 0 Å². The molecule has 3 aromatic heterocycles. The van der Waals surface area contributed by atoms with Crippen molar-refractivity contribution in [3.05, 3.63) is 36.5 Å². The molecule has 14 nitrogen and oxygen atoms in total. The summed E-state index contributed by atoms with van der Waals surface area (Å²) in [4.78, 5) is 47.1. The molecular weight excluding hydrogens is 436 g/mol. The molecule has 33 heavy (non-hydrogen) atoms. The van der Waals surface area contributed by atoms with Crippen molar-refractivity contribution in [2.45, 2.75) is 0 Å². The molecule has 3 aromatic rings. The summed E-state index contributed by atoms with van der Waals surface area (Å²) in [6.07, 6.45) is 2.83. The summed E-state index contributed by atoms with van der Waals surface area (Å²) in [6.45, 7) is 0.859. The topological polar surface area (TPSA) is 179 Å². The van der Waals surface area contributed by atoms with Gasteiger partial charge in [0, 0.05) is 38.4 Å². The Morgan fingerprint density at radius 2 is 2.09 bits per heavy atom. The van der Waals surface area contributed by atoms with Gasteiger partial charge in [-0.3, -0.25) is 19.7 Å². The predicted octanol–water partition coefficient (Wildman–Crippen LogP) is 1.05. The number of pyridine rings is 1. The average molecular weight is 456 g/mol. The molecule has 4 rings (SSSR count). The van der Waals surface area contributed by atoms with Gasteiger partial charge < -0.3 is 24.8 Å². The zero-order valence-electron chi connectivity index (χ0n) is 17.4. The molecule has 0 bridgehead atoms. The lowest BCUT2D eigenvalue weighted by Crippen LogP contribution is -2.34. The van der Waals surface area contributed by atoms with Gasteiger partial charge >= 0.3 is 12.1 Å². The van der Waals surface area contributed by atoms with Gasteiger partial charge in [0.15, 0.2) is 11.5 Å². The number of aliphatic hydroxyl groups excluding tert-OH is 1. The number of nitrogens with one attached hydrogen (secondary N) is 2. The molecule has 1 fully saturated rings. The number of amides is 4. The number of nitrogens with zero attached hydrogens (tertiary/aromatic N) is 6. The van der Waals surface area contributed by atoms with Crippen LogP contribution in [0, 0.1) is 0 Å². The third-order valence-electron chi connectivity index (χ3n) is 4.76. The van der Waals surface area contributed by atoms with E-state index in [-0.39, 0.29) is 42.4 Å². The highest BCUT2D eigenvalue weighted by Gasteiger charge is 2.33. The van der Waals surface area contributed by atoms with Gasteiger partial charge in [0.1, 0.15) is 17.8 Å². The molecular formula is C19H20N8O6. The summed E-state index contributed by atoms with van der Waals surface area (Å²) in [5.41, 5.74) is 0.698. The normalized spacial score (nSPS) is 13.5. The fourth-order valence-corrected chi connectivity index (χ4v) is 3.31. The second-order valence-corrected chi connectivity index (χ2v) is 7.04. The Bertz CT molecular complexity index is 1200. The van der Waals surface area contributed by atoms with E-state index in [1.807, 2.05) is 0 Å². The van der Waals surface area contributed by atoms with E-state index in [9.17, 15) is 14.4 Å². The number of urea groups is 1. The summed E-state index contributed by atoms with van der Waals surface area (Å²) >= 11 is 0. The predicted molar refractivity (Wildman–Crippen MR) is 114 cm³/mol. The zero-order valence-corrected chi connectivity index (χ0v) is 17.4. The number of aromatic nitrogens is 4. The molecule has 4 amide bonds. The first-order valence-corrected chi connectivity index (χ1v) is 9.80. The first-order valence-electron chi connectivity index (χ1n) is 9.80. The maximum absolute atomic E-state index is 12.8. The Hall–Kier alpha value is -4.46. The highest BCUT2D eigenvalue weighted by molar-refractivity contribution is 6.06. The van der Waals surface area contributed by atoms with Crippen LogP contribution in [0.1, 0.15) is 10.5 Å². The van der Waals surface area contributed by atoms with Gasteiger partial charge in [0.2, 0.25) is 5.89 Å². The third-order valence-corrected chi connectivity index (χ3v) is 4.76. The van der Waals surface area contributed by atoms with E-state index in [2.05, 4.69) is 25.7 Å². The van der Waals surface area contributed by atoms with Crippen molar-refractivity contribution in [2.75, 3.05) is 41.8 Å². The number of aryl methyl sites for hydroxylation is 1. The Morgan fingerprint density at radius 1 is 1.27 bits per heavy atom. The number of β-amino-alcohol motifs (C(OH)–C–C–N with tert-alkyl or cyclic N) is 1. The molecule has 1 saturated heterocycles. The van der Waals surface area contributed by atoms with Gasteiger partial charge in [0.25, 0.3) is 5.91 Å². The maximum Gasteiger partial charge on any atom is 0.410 e. The van der Waals surface area contributed by atoms with E-state index in [0.29, 0.717) is 24.3 Å². The smallest absolute Gasteiger partial charge is 0.410 e. The van der Waals surface area contributed by atoms with Crippen LogP contribution >= 0.6 is 0 Å². The van der Waals surface area contributed by atoms with Crippen molar-refractivity contribution in [3.8, 4) is 11.5 Å². The quantitative estimate of drug-likeness (QED) is 0.404. The minimum Gasteiger partial charge on any atom is -0.465 e. The Balaban J connectivity index is 1.51. The van der Waals surface area contributed by atoms with Crippen LogP contribution in [0.15, 0.2) is 35.2 Å². The fraction of sp³-hybridized carbons (Fsp3) is 0.263. The standard InChI is InChI=1S/C19H20N8O6/c1-25-9-12(15(24-25)27-5-4-26(6-7-28)19(27)32)21-16(29)13-10-33-17(22-13)11-2-3-20-14(8-11)23-18(30)31/h2-3,8-10,28H,4-7H2,1H3,(H,20,23)(H,21,29)(H,30,31). The van der Waals surface area contributed by atoms with Crippen molar-refractivity contribution in [1.82, 2.24) is 24.6 Å². The lowest BCUT2D eigenvalue weighted by molar-refractivity contribution is 0.102. The van der Waals surface area contributed by atoms with Gasteiger partial charge in [0.05, 0.1) is 12.8 Å². The highest BCUT2D eigenvalue weighted by Crippen LogP contribution is 2.28. The first-order chi connectivity index (χ1) is 15.9. The van der Waals surface area contributed by atoms with Crippen molar-refractivity contribution in [3.63, 3.8) is 0 Å². The summed E-state index contributed by atoms with van der Waals surface area (Å²) in [7, 11) is 1.66. The number of aliphatic hydroxyl groups is 1. The zero-order chi connectivity index (χ0) is 23.5. The van der Waals surface area contributed by atoms with E-state index in [0.717, 1.165) is 6.26 Å². The summed E-state index contributed by atoms with van der Waals surface area (Å²) in [5, 5.41) is 27.0. The Kier molecular flexibility index (Phi) is 5.91. The molecule has 0 atom stereocenters. The molecule has 1 aliphatic heterocycles. The van der Waals surface area contributed by atoms with E-state index in [4.69, 9.17) is 14.6 Å². The van der Waals surface area contributed by atoms with Crippen LogP contribution in [0.25, 0.3) is 11.5 Å². The molecule has 172 valence electrons. The molecule has 4 heterocycles. The molecule has 4 N–H and O–H groups in total. The van der Waals surface area contributed by atoms with Crippen molar-refractivity contribution >= 4 is 35.4 Å². The second kappa shape index (κ2) is 8.96. The molecule has 0 unspecified atom stereocenters. The summed E-state index contributed by atoms with van der Waals surface area (Å²) in [5.74, 6) is -0.138.